The van der Waals surface area contributed by atoms with Gasteiger partial charge in [0.1, 0.15) is 0 Å². The van der Waals surface area contributed by atoms with Gasteiger partial charge >= 0.3 is 0 Å². The van der Waals surface area contributed by atoms with E-state index < -0.39 is 0 Å². The smallest absolute Gasteiger partial charge is 0.0667 e. The average Bonchev–Trinajstić information content (AvgIpc) is 2.38. The van der Waals surface area contributed by atoms with E-state index in [4.69, 9.17) is 0 Å². The van der Waals surface area contributed by atoms with Gasteiger partial charge in [0.2, 0.25) is 0 Å². The molecular weight excluding hydrogens is 210 g/mol. The van der Waals surface area contributed by atoms with Crippen molar-refractivity contribution >= 4 is 0 Å². The van der Waals surface area contributed by atoms with Crippen LogP contribution in [0.25, 0.3) is 0 Å². The fraction of sp³-hybridized carbons (Fsp3) is 0.600. The van der Waals surface area contributed by atoms with Crippen molar-refractivity contribution in [3.05, 3.63) is 35.9 Å². The Bertz CT molecular complexity index is 323. The second-order valence-electron chi connectivity index (χ2n) is 5.08. The van der Waals surface area contributed by atoms with Gasteiger partial charge in [0, 0.05) is 12.6 Å². The third-order valence-corrected chi connectivity index (χ3v) is 3.75. The van der Waals surface area contributed by atoms with Gasteiger partial charge in [-0.1, -0.05) is 36.8 Å². The summed E-state index contributed by atoms with van der Waals surface area (Å²) in [7, 11) is 0. The quantitative estimate of drug-likeness (QED) is 0.863. The number of benzene rings is 1. The number of aliphatic hydroxyl groups excluding tert-OH is 1. The molecule has 94 valence electrons. The highest BCUT2D eigenvalue weighted by atomic mass is 16.3. The number of hydrogen-bond acceptors (Lipinski definition) is 2. The summed E-state index contributed by atoms with van der Waals surface area (Å²) < 4.78 is 0. The van der Waals surface area contributed by atoms with E-state index in [9.17, 15) is 5.11 Å². The van der Waals surface area contributed by atoms with Crippen molar-refractivity contribution in [2.24, 2.45) is 0 Å². The molecule has 2 nitrogen and oxygen atoms in total. The fourth-order valence-electron chi connectivity index (χ4n) is 2.76. The standard InChI is InChI=1S/C15H23NO/c1-13(17)15-9-5-6-11-16(15)12-10-14-7-3-2-4-8-14/h2-4,7-8,13,15,17H,5-6,9-12H2,1H3. The molecule has 2 heteroatoms. The van der Waals surface area contributed by atoms with Crippen LogP contribution in [-0.2, 0) is 6.42 Å². The minimum atomic E-state index is -0.203. The van der Waals surface area contributed by atoms with Gasteiger partial charge in [-0.25, -0.2) is 0 Å². The summed E-state index contributed by atoms with van der Waals surface area (Å²) in [6.07, 6.45) is 4.57. The highest BCUT2D eigenvalue weighted by Gasteiger charge is 2.25. The van der Waals surface area contributed by atoms with E-state index in [0.29, 0.717) is 6.04 Å². The Hall–Kier alpha value is -0.860. The number of likely N-dealkylation sites (tertiary alicyclic amines) is 1. The van der Waals surface area contributed by atoms with Crippen LogP contribution in [-0.4, -0.2) is 35.2 Å². The lowest BCUT2D eigenvalue weighted by atomic mass is 9.97. The molecule has 1 N–H and O–H groups in total. The zero-order valence-corrected chi connectivity index (χ0v) is 10.7. The van der Waals surface area contributed by atoms with Crippen LogP contribution in [0.5, 0.6) is 0 Å². The average molecular weight is 233 g/mol. The highest BCUT2D eigenvalue weighted by molar-refractivity contribution is 5.14. The molecule has 1 aliphatic rings. The first-order chi connectivity index (χ1) is 8.27. The normalized spacial score (nSPS) is 23.5. The van der Waals surface area contributed by atoms with Crippen molar-refractivity contribution in [3.63, 3.8) is 0 Å². The van der Waals surface area contributed by atoms with Gasteiger partial charge in [-0.2, -0.15) is 0 Å². The highest BCUT2D eigenvalue weighted by Crippen LogP contribution is 2.20. The maximum Gasteiger partial charge on any atom is 0.0667 e. The third-order valence-electron chi connectivity index (χ3n) is 3.75. The van der Waals surface area contributed by atoms with E-state index in [1.807, 2.05) is 6.92 Å². The van der Waals surface area contributed by atoms with E-state index >= 15 is 0 Å². The molecule has 17 heavy (non-hydrogen) atoms. The molecule has 1 fully saturated rings. The van der Waals surface area contributed by atoms with Crippen LogP contribution in [0.4, 0.5) is 0 Å². The van der Waals surface area contributed by atoms with Crippen molar-refractivity contribution in [3.8, 4) is 0 Å². The van der Waals surface area contributed by atoms with Crippen LogP contribution < -0.4 is 0 Å². The van der Waals surface area contributed by atoms with Crippen LogP contribution in [0.2, 0.25) is 0 Å². The van der Waals surface area contributed by atoms with Gasteiger partial charge in [-0.05, 0) is 38.3 Å². The topological polar surface area (TPSA) is 23.5 Å². The molecule has 0 aromatic heterocycles. The zero-order chi connectivity index (χ0) is 12.1. The molecule has 0 bridgehead atoms. The van der Waals surface area contributed by atoms with Gasteiger partial charge in [-0.3, -0.25) is 4.90 Å². The summed E-state index contributed by atoms with van der Waals surface area (Å²) in [6, 6.07) is 11.0. The number of aliphatic hydroxyl groups is 1. The van der Waals surface area contributed by atoms with Gasteiger partial charge in [0.15, 0.2) is 0 Å². The lowest BCUT2D eigenvalue weighted by molar-refractivity contribution is 0.0372. The molecule has 0 saturated carbocycles. The van der Waals surface area contributed by atoms with E-state index in [-0.39, 0.29) is 6.10 Å². The van der Waals surface area contributed by atoms with Crippen LogP contribution in [0.3, 0.4) is 0 Å². The Kier molecular flexibility index (Phi) is 4.57. The molecule has 1 aromatic rings. The van der Waals surface area contributed by atoms with Crippen molar-refractivity contribution in [2.75, 3.05) is 13.1 Å². The summed E-state index contributed by atoms with van der Waals surface area (Å²) in [5.41, 5.74) is 1.39. The number of nitrogens with zero attached hydrogens (tertiary/aromatic N) is 1. The maximum atomic E-state index is 9.80. The van der Waals surface area contributed by atoms with Crippen molar-refractivity contribution < 1.29 is 5.11 Å². The monoisotopic (exact) mass is 233 g/mol. The fourth-order valence-corrected chi connectivity index (χ4v) is 2.76. The molecule has 1 saturated heterocycles. The molecule has 1 heterocycles. The van der Waals surface area contributed by atoms with E-state index in [2.05, 4.69) is 35.2 Å². The molecule has 2 rings (SSSR count). The number of piperidine rings is 1. The first-order valence-electron chi connectivity index (χ1n) is 6.73. The summed E-state index contributed by atoms with van der Waals surface area (Å²) in [5, 5.41) is 9.80. The lowest BCUT2D eigenvalue weighted by Crippen LogP contribution is -2.46. The van der Waals surface area contributed by atoms with Crippen molar-refractivity contribution in [2.45, 2.75) is 44.8 Å². The molecule has 1 aromatic carbocycles. The first-order valence-corrected chi connectivity index (χ1v) is 6.73. The molecule has 0 spiro atoms. The van der Waals surface area contributed by atoms with Gasteiger partial charge in [-0.15, -0.1) is 0 Å². The summed E-state index contributed by atoms with van der Waals surface area (Å²) in [4.78, 5) is 2.46. The Morgan fingerprint density at radius 2 is 2.06 bits per heavy atom. The summed E-state index contributed by atoms with van der Waals surface area (Å²) in [6.45, 7) is 4.13. The van der Waals surface area contributed by atoms with Crippen LogP contribution in [0.15, 0.2) is 30.3 Å². The maximum absolute atomic E-state index is 9.80. The molecule has 0 aliphatic carbocycles. The second-order valence-corrected chi connectivity index (χ2v) is 5.08. The minimum absolute atomic E-state index is 0.203. The van der Waals surface area contributed by atoms with Crippen LogP contribution in [0, 0.1) is 0 Å². The minimum Gasteiger partial charge on any atom is -0.392 e. The van der Waals surface area contributed by atoms with Crippen molar-refractivity contribution in [1.29, 1.82) is 0 Å². The Morgan fingerprint density at radius 3 is 2.76 bits per heavy atom. The first kappa shape index (κ1) is 12.6. The SMILES string of the molecule is CC(O)C1CCCCN1CCc1ccccc1. The Morgan fingerprint density at radius 1 is 1.29 bits per heavy atom. The van der Waals surface area contributed by atoms with Gasteiger partial charge in [0.25, 0.3) is 0 Å². The van der Waals surface area contributed by atoms with E-state index in [1.165, 1.54) is 18.4 Å². The van der Waals surface area contributed by atoms with E-state index in [1.54, 1.807) is 0 Å². The predicted molar refractivity (Wildman–Crippen MR) is 71.0 cm³/mol. The number of hydrogen-bond donors (Lipinski definition) is 1. The molecule has 0 amide bonds. The third kappa shape index (κ3) is 3.55. The van der Waals surface area contributed by atoms with Crippen LogP contribution in [0.1, 0.15) is 31.7 Å². The predicted octanol–water partition coefficient (Wildman–Crippen LogP) is 2.46. The van der Waals surface area contributed by atoms with Gasteiger partial charge in [0.05, 0.1) is 6.10 Å². The Labute approximate surface area is 104 Å². The van der Waals surface area contributed by atoms with E-state index in [0.717, 1.165) is 25.9 Å². The molecule has 2 unspecified atom stereocenters. The van der Waals surface area contributed by atoms with Gasteiger partial charge < -0.3 is 5.11 Å². The molecular formula is C15H23NO. The molecule has 2 atom stereocenters. The largest absolute Gasteiger partial charge is 0.392 e. The lowest BCUT2D eigenvalue weighted by Gasteiger charge is -2.37. The van der Waals surface area contributed by atoms with Crippen LogP contribution >= 0.6 is 0 Å². The molecule has 0 radical (unpaired) electrons. The Balaban J connectivity index is 1.88. The second kappa shape index (κ2) is 6.18. The summed E-state index contributed by atoms with van der Waals surface area (Å²) >= 11 is 0. The van der Waals surface area contributed by atoms with Crippen molar-refractivity contribution in [1.82, 2.24) is 4.90 Å². The zero-order valence-electron chi connectivity index (χ0n) is 10.7. The molecule has 1 aliphatic heterocycles. The number of rotatable bonds is 4. The summed E-state index contributed by atoms with van der Waals surface area (Å²) in [5.74, 6) is 0.